The standard InChI is InChI=1S/C19H32N4O/c1-13(15-7-5-4-6-8-15)14(2)22-19(24)18-11-20-10-17(18)16-9-21-23(3)12-16/h9,12-15,17-18,20H,4-8,10-11H2,1-3H3,(H,22,24)/t13?,14?,17-,18+/m1/s1. The fraction of sp³-hybridized carbons (Fsp3) is 0.789. The Labute approximate surface area is 145 Å². The second kappa shape index (κ2) is 7.68. The van der Waals surface area contributed by atoms with Gasteiger partial charge in [-0.05, 0) is 24.3 Å². The average molecular weight is 332 g/mol. The van der Waals surface area contributed by atoms with Crippen molar-refractivity contribution in [3.05, 3.63) is 18.0 Å². The highest BCUT2D eigenvalue weighted by molar-refractivity contribution is 5.80. The molecule has 5 nitrogen and oxygen atoms in total. The fourth-order valence-corrected chi connectivity index (χ4v) is 4.47. The van der Waals surface area contributed by atoms with Gasteiger partial charge in [0, 0.05) is 38.3 Å². The number of carbonyl (C=O) groups is 1. The lowest BCUT2D eigenvalue weighted by atomic mass is 9.78. The van der Waals surface area contributed by atoms with Crippen molar-refractivity contribution >= 4 is 5.91 Å². The Balaban J connectivity index is 1.58. The van der Waals surface area contributed by atoms with Gasteiger partial charge in [0.2, 0.25) is 5.91 Å². The third-order valence-corrected chi connectivity index (χ3v) is 6.26. The zero-order valence-corrected chi connectivity index (χ0v) is 15.3. The molecule has 1 aliphatic carbocycles. The summed E-state index contributed by atoms with van der Waals surface area (Å²) < 4.78 is 1.82. The summed E-state index contributed by atoms with van der Waals surface area (Å²) in [5.74, 6) is 1.76. The van der Waals surface area contributed by atoms with Crippen molar-refractivity contribution in [2.45, 2.75) is 57.9 Å². The predicted octanol–water partition coefficient (Wildman–Crippen LogP) is 2.44. The average Bonchev–Trinajstić information content (AvgIpc) is 3.23. The van der Waals surface area contributed by atoms with Crippen LogP contribution in [0.2, 0.25) is 0 Å². The Bertz CT molecular complexity index is 549. The van der Waals surface area contributed by atoms with Crippen LogP contribution >= 0.6 is 0 Å². The lowest BCUT2D eigenvalue weighted by molar-refractivity contribution is -0.125. The normalized spacial score (nSPS) is 27.8. The molecule has 2 N–H and O–H groups in total. The van der Waals surface area contributed by atoms with Crippen molar-refractivity contribution < 1.29 is 4.79 Å². The number of nitrogens with one attached hydrogen (secondary N) is 2. The van der Waals surface area contributed by atoms with E-state index in [-0.39, 0.29) is 23.8 Å². The van der Waals surface area contributed by atoms with Crippen molar-refractivity contribution in [3.8, 4) is 0 Å². The third-order valence-electron chi connectivity index (χ3n) is 6.26. The molecule has 2 fully saturated rings. The first-order chi connectivity index (χ1) is 11.6. The summed E-state index contributed by atoms with van der Waals surface area (Å²) in [5.41, 5.74) is 1.16. The number of hydrogen-bond donors (Lipinski definition) is 2. The number of aryl methyl sites for hydroxylation is 1. The van der Waals surface area contributed by atoms with Gasteiger partial charge in [-0.25, -0.2) is 0 Å². The number of aromatic nitrogens is 2. The van der Waals surface area contributed by atoms with Crippen LogP contribution in [0.15, 0.2) is 12.4 Å². The molecule has 134 valence electrons. The molecule has 24 heavy (non-hydrogen) atoms. The van der Waals surface area contributed by atoms with E-state index in [1.54, 1.807) is 0 Å². The van der Waals surface area contributed by atoms with E-state index in [2.05, 4.69) is 29.6 Å². The highest BCUT2D eigenvalue weighted by Crippen LogP contribution is 2.32. The molecule has 0 bridgehead atoms. The molecular formula is C19H32N4O. The zero-order chi connectivity index (χ0) is 17.1. The van der Waals surface area contributed by atoms with Gasteiger partial charge in [-0.3, -0.25) is 9.48 Å². The van der Waals surface area contributed by atoms with Crippen LogP contribution in [-0.2, 0) is 11.8 Å². The van der Waals surface area contributed by atoms with Gasteiger partial charge >= 0.3 is 0 Å². The maximum absolute atomic E-state index is 12.9. The third kappa shape index (κ3) is 3.82. The van der Waals surface area contributed by atoms with E-state index in [1.807, 2.05) is 24.1 Å². The molecule has 4 atom stereocenters. The molecule has 1 aromatic heterocycles. The molecular weight excluding hydrogens is 300 g/mol. The summed E-state index contributed by atoms with van der Waals surface area (Å²) in [6.45, 7) is 6.11. The highest BCUT2D eigenvalue weighted by Gasteiger charge is 2.36. The number of carbonyl (C=O) groups excluding carboxylic acids is 1. The first kappa shape index (κ1) is 17.5. The van der Waals surface area contributed by atoms with Crippen LogP contribution in [-0.4, -0.2) is 34.8 Å². The van der Waals surface area contributed by atoms with E-state index in [0.717, 1.165) is 24.6 Å². The summed E-state index contributed by atoms with van der Waals surface area (Å²) in [5, 5.41) is 11.0. The van der Waals surface area contributed by atoms with Crippen LogP contribution in [0.5, 0.6) is 0 Å². The Morgan fingerprint density at radius 3 is 2.71 bits per heavy atom. The number of rotatable bonds is 5. The molecule has 5 heteroatoms. The van der Waals surface area contributed by atoms with Crippen LogP contribution in [0.1, 0.15) is 57.4 Å². The highest BCUT2D eigenvalue weighted by atomic mass is 16.2. The van der Waals surface area contributed by atoms with E-state index < -0.39 is 0 Å². The Kier molecular flexibility index (Phi) is 5.59. The van der Waals surface area contributed by atoms with Gasteiger partial charge in [0.1, 0.15) is 0 Å². The summed E-state index contributed by atoms with van der Waals surface area (Å²) in [7, 11) is 1.93. The van der Waals surface area contributed by atoms with Gasteiger partial charge in [-0.15, -0.1) is 0 Å². The number of hydrogen-bond acceptors (Lipinski definition) is 3. The molecule has 1 saturated heterocycles. The van der Waals surface area contributed by atoms with Crippen molar-refractivity contribution in [2.75, 3.05) is 13.1 Å². The summed E-state index contributed by atoms with van der Waals surface area (Å²) in [6, 6.07) is 0.246. The van der Waals surface area contributed by atoms with Gasteiger partial charge < -0.3 is 10.6 Å². The van der Waals surface area contributed by atoms with Crippen LogP contribution in [0, 0.1) is 17.8 Å². The van der Waals surface area contributed by atoms with Crippen LogP contribution in [0.25, 0.3) is 0 Å². The SMILES string of the molecule is CC(NC(=O)[C@H]1CNC[C@@H]1c1cnn(C)c1)C(C)C1CCCCC1. The molecule has 0 radical (unpaired) electrons. The van der Waals surface area contributed by atoms with Gasteiger partial charge in [-0.1, -0.05) is 39.0 Å². The topological polar surface area (TPSA) is 59.0 Å². The Morgan fingerprint density at radius 2 is 2.04 bits per heavy atom. The molecule has 1 amide bonds. The van der Waals surface area contributed by atoms with Crippen LogP contribution in [0.4, 0.5) is 0 Å². The first-order valence-electron chi connectivity index (χ1n) is 9.56. The summed E-state index contributed by atoms with van der Waals surface area (Å²) >= 11 is 0. The quantitative estimate of drug-likeness (QED) is 0.871. The van der Waals surface area contributed by atoms with Crippen LogP contribution in [0.3, 0.4) is 0 Å². The zero-order valence-electron chi connectivity index (χ0n) is 15.3. The molecule has 0 aromatic carbocycles. The van der Waals surface area contributed by atoms with Crippen molar-refractivity contribution in [3.63, 3.8) is 0 Å². The number of amides is 1. The van der Waals surface area contributed by atoms with Crippen molar-refractivity contribution in [1.82, 2.24) is 20.4 Å². The van der Waals surface area contributed by atoms with Crippen molar-refractivity contribution in [2.24, 2.45) is 24.8 Å². The summed E-state index contributed by atoms with van der Waals surface area (Å²) in [6.07, 6.45) is 10.7. The van der Waals surface area contributed by atoms with E-state index in [0.29, 0.717) is 5.92 Å². The minimum atomic E-state index is 0.00945. The Hall–Kier alpha value is -1.36. The fourth-order valence-electron chi connectivity index (χ4n) is 4.47. The summed E-state index contributed by atoms with van der Waals surface area (Å²) in [4.78, 5) is 12.9. The second-order valence-corrected chi connectivity index (χ2v) is 7.87. The van der Waals surface area contributed by atoms with Crippen molar-refractivity contribution in [1.29, 1.82) is 0 Å². The Morgan fingerprint density at radius 1 is 1.29 bits per heavy atom. The van der Waals surface area contributed by atoms with Gasteiger partial charge in [0.15, 0.2) is 0 Å². The van der Waals surface area contributed by atoms with E-state index >= 15 is 0 Å². The van der Waals surface area contributed by atoms with E-state index in [1.165, 1.54) is 32.1 Å². The first-order valence-corrected chi connectivity index (χ1v) is 9.56. The van der Waals surface area contributed by atoms with Crippen LogP contribution < -0.4 is 10.6 Å². The molecule has 2 heterocycles. The van der Waals surface area contributed by atoms with Gasteiger partial charge in [0.05, 0.1) is 12.1 Å². The maximum Gasteiger partial charge on any atom is 0.225 e. The molecule has 1 aliphatic heterocycles. The predicted molar refractivity (Wildman–Crippen MR) is 95.7 cm³/mol. The monoisotopic (exact) mass is 332 g/mol. The smallest absolute Gasteiger partial charge is 0.225 e. The molecule has 1 aromatic rings. The molecule has 2 unspecified atom stereocenters. The van der Waals surface area contributed by atoms with Gasteiger partial charge in [0.25, 0.3) is 0 Å². The minimum Gasteiger partial charge on any atom is -0.353 e. The lowest BCUT2D eigenvalue weighted by Crippen LogP contribution is -2.44. The lowest BCUT2D eigenvalue weighted by Gasteiger charge is -2.33. The number of nitrogens with zero attached hydrogens (tertiary/aromatic N) is 2. The largest absolute Gasteiger partial charge is 0.353 e. The second-order valence-electron chi connectivity index (χ2n) is 7.87. The maximum atomic E-state index is 12.9. The minimum absolute atomic E-state index is 0.00945. The van der Waals surface area contributed by atoms with E-state index in [9.17, 15) is 4.79 Å². The van der Waals surface area contributed by atoms with Gasteiger partial charge in [-0.2, -0.15) is 5.10 Å². The molecule has 0 spiro atoms. The molecule has 3 rings (SSSR count). The van der Waals surface area contributed by atoms with E-state index in [4.69, 9.17) is 0 Å². The molecule has 2 aliphatic rings. The molecule has 1 saturated carbocycles.